The van der Waals surface area contributed by atoms with Gasteiger partial charge in [0.1, 0.15) is 0 Å². The first-order chi connectivity index (χ1) is 15.0. The summed E-state index contributed by atoms with van der Waals surface area (Å²) in [7, 11) is 1.80. The fourth-order valence-corrected chi connectivity index (χ4v) is 4.41. The van der Waals surface area contributed by atoms with E-state index in [1.807, 2.05) is 12.1 Å². The molecule has 0 unspecified atom stereocenters. The summed E-state index contributed by atoms with van der Waals surface area (Å²) < 4.78 is 1.77. The molecule has 2 aromatic carbocycles. The Morgan fingerprint density at radius 1 is 1.23 bits per heavy atom. The van der Waals surface area contributed by atoms with Gasteiger partial charge in [-0.1, -0.05) is 24.3 Å². The summed E-state index contributed by atoms with van der Waals surface area (Å²) in [6.07, 6.45) is 4.04. The summed E-state index contributed by atoms with van der Waals surface area (Å²) in [6, 6.07) is 13.4. The summed E-state index contributed by atoms with van der Waals surface area (Å²) in [4.78, 5) is 33.0. The maximum Gasteiger partial charge on any atom is 0.262 e. The van der Waals surface area contributed by atoms with E-state index in [2.05, 4.69) is 28.6 Å². The zero-order valence-corrected chi connectivity index (χ0v) is 18.5. The molecule has 0 aliphatic carbocycles. The Hall–Kier alpha value is -3.19. The molecule has 31 heavy (non-hydrogen) atoms. The van der Waals surface area contributed by atoms with Crippen LogP contribution in [0, 0.1) is 4.77 Å². The van der Waals surface area contributed by atoms with Crippen LogP contribution in [-0.4, -0.2) is 40.5 Å². The molecular formula is C24H26N4O2S. The highest BCUT2D eigenvalue weighted by atomic mass is 32.1. The SMILES string of the molecule is C=CCn1c(=S)[nH]c2cc(C(=O)N(C)Cc3ccccc3N3CCCC3)ccc2c1=O. The van der Waals surface area contributed by atoms with Crippen LogP contribution in [0.3, 0.4) is 0 Å². The van der Waals surface area contributed by atoms with E-state index in [1.54, 1.807) is 36.2 Å². The van der Waals surface area contributed by atoms with Crippen LogP contribution in [0.1, 0.15) is 28.8 Å². The summed E-state index contributed by atoms with van der Waals surface area (Å²) in [5.41, 5.74) is 3.22. The second kappa shape index (κ2) is 8.89. The number of amides is 1. The Balaban J connectivity index is 1.61. The number of hydrogen-bond donors (Lipinski definition) is 1. The number of carbonyl (C=O) groups is 1. The number of aromatic amines is 1. The quantitative estimate of drug-likeness (QED) is 0.468. The average molecular weight is 435 g/mol. The third-order valence-corrected chi connectivity index (χ3v) is 6.06. The average Bonchev–Trinajstić information content (AvgIpc) is 3.31. The molecule has 0 radical (unpaired) electrons. The summed E-state index contributed by atoms with van der Waals surface area (Å²) in [5, 5.41) is 0.494. The Labute approximate surface area is 186 Å². The van der Waals surface area contributed by atoms with Gasteiger partial charge in [-0.05, 0) is 54.9 Å². The highest BCUT2D eigenvalue weighted by Crippen LogP contribution is 2.26. The van der Waals surface area contributed by atoms with Gasteiger partial charge in [0.05, 0.1) is 10.9 Å². The molecule has 0 spiro atoms. The van der Waals surface area contributed by atoms with E-state index in [0.717, 1.165) is 18.7 Å². The zero-order chi connectivity index (χ0) is 22.0. The van der Waals surface area contributed by atoms with Crippen LogP contribution >= 0.6 is 12.2 Å². The number of H-pyrrole nitrogens is 1. The number of hydrogen-bond acceptors (Lipinski definition) is 4. The van der Waals surface area contributed by atoms with Gasteiger partial charge in [-0.2, -0.15) is 0 Å². The standard InChI is InChI=1S/C24H26N4O2S/c1-3-12-28-23(30)19-11-10-17(15-20(19)25-24(28)31)22(29)26(2)16-18-8-4-5-9-21(18)27-13-6-7-14-27/h3-5,8-11,15H,1,6-7,12-14,16H2,2H3,(H,25,31). The van der Waals surface area contributed by atoms with Gasteiger partial charge in [0.25, 0.3) is 11.5 Å². The highest BCUT2D eigenvalue weighted by molar-refractivity contribution is 7.71. The van der Waals surface area contributed by atoms with Crippen molar-refractivity contribution in [2.24, 2.45) is 0 Å². The number of allylic oxidation sites excluding steroid dienone is 1. The summed E-state index contributed by atoms with van der Waals surface area (Å²) in [6.45, 7) is 6.63. The maximum atomic E-state index is 13.1. The van der Waals surface area contributed by atoms with Gasteiger partial charge in [0.15, 0.2) is 4.77 Å². The molecule has 7 heteroatoms. The zero-order valence-electron chi connectivity index (χ0n) is 17.6. The van der Waals surface area contributed by atoms with Crippen LogP contribution in [0.2, 0.25) is 0 Å². The number of rotatable bonds is 6. The van der Waals surface area contributed by atoms with Crippen LogP contribution in [0.4, 0.5) is 5.69 Å². The molecule has 1 aliphatic rings. The predicted octanol–water partition coefficient (Wildman–Crippen LogP) is 4.12. The van der Waals surface area contributed by atoms with E-state index in [-0.39, 0.29) is 11.5 Å². The van der Waals surface area contributed by atoms with E-state index in [1.165, 1.54) is 23.1 Å². The molecule has 1 amide bonds. The van der Waals surface area contributed by atoms with E-state index >= 15 is 0 Å². The van der Waals surface area contributed by atoms with Crippen molar-refractivity contribution in [3.8, 4) is 0 Å². The molecule has 1 N–H and O–H groups in total. The first kappa shape index (κ1) is 21.1. The second-order valence-corrected chi connectivity index (χ2v) is 8.27. The number of nitrogens with one attached hydrogen (secondary N) is 1. The summed E-state index contributed by atoms with van der Waals surface area (Å²) in [5.74, 6) is -0.104. The van der Waals surface area contributed by atoms with E-state index in [9.17, 15) is 9.59 Å². The van der Waals surface area contributed by atoms with Crippen LogP contribution < -0.4 is 10.5 Å². The molecule has 6 nitrogen and oxygen atoms in total. The number of benzene rings is 2. The van der Waals surface area contributed by atoms with Gasteiger partial charge in [-0.3, -0.25) is 14.2 Å². The van der Waals surface area contributed by atoms with Crippen molar-refractivity contribution >= 4 is 34.7 Å². The Kier molecular flexibility index (Phi) is 6.04. The summed E-state index contributed by atoms with van der Waals surface area (Å²) >= 11 is 5.31. The van der Waals surface area contributed by atoms with Crippen molar-refractivity contribution < 1.29 is 4.79 Å². The number of anilines is 1. The van der Waals surface area contributed by atoms with Crippen LogP contribution in [-0.2, 0) is 13.1 Å². The molecular weight excluding hydrogens is 408 g/mol. The number of aromatic nitrogens is 2. The lowest BCUT2D eigenvalue weighted by molar-refractivity contribution is 0.0785. The molecule has 0 saturated carbocycles. The van der Waals surface area contributed by atoms with Gasteiger partial charge in [0, 0.05) is 44.5 Å². The van der Waals surface area contributed by atoms with Gasteiger partial charge in [0.2, 0.25) is 0 Å². The van der Waals surface area contributed by atoms with E-state index < -0.39 is 0 Å². The van der Waals surface area contributed by atoms with E-state index in [0.29, 0.717) is 34.3 Å². The van der Waals surface area contributed by atoms with Crippen molar-refractivity contribution in [2.45, 2.75) is 25.9 Å². The first-order valence-corrected chi connectivity index (χ1v) is 10.9. The number of nitrogens with zero attached hydrogens (tertiary/aromatic N) is 3. The van der Waals surface area contributed by atoms with Crippen molar-refractivity contribution in [3.63, 3.8) is 0 Å². The van der Waals surface area contributed by atoms with Crippen molar-refractivity contribution in [2.75, 3.05) is 25.0 Å². The molecule has 1 saturated heterocycles. The minimum Gasteiger partial charge on any atom is -0.371 e. The van der Waals surface area contributed by atoms with Gasteiger partial charge >= 0.3 is 0 Å². The molecule has 1 aliphatic heterocycles. The lowest BCUT2D eigenvalue weighted by Crippen LogP contribution is -2.28. The fourth-order valence-electron chi connectivity index (χ4n) is 4.14. The molecule has 160 valence electrons. The monoisotopic (exact) mass is 434 g/mol. The van der Waals surface area contributed by atoms with Crippen LogP contribution in [0.15, 0.2) is 59.9 Å². The molecule has 0 bridgehead atoms. The van der Waals surface area contributed by atoms with Gasteiger partial charge in [-0.25, -0.2) is 0 Å². The Morgan fingerprint density at radius 2 is 1.97 bits per heavy atom. The number of para-hydroxylation sites is 1. The largest absolute Gasteiger partial charge is 0.371 e. The smallest absolute Gasteiger partial charge is 0.262 e. The molecule has 4 rings (SSSR count). The molecule has 2 heterocycles. The molecule has 0 atom stereocenters. The lowest BCUT2D eigenvalue weighted by Gasteiger charge is -2.24. The normalized spacial score (nSPS) is 13.5. The third kappa shape index (κ3) is 4.18. The number of fused-ring (bicyclic) bond motifs is 1. The molecule has 1 aromatic heterocycles. The van der Waals surface area contributed by atoms with Crippen molar-refractivity contribution in [1.29, 1.82) is 0 Å². The maximum absolute atomic E-state index is 13.1. The van der Waals surface area contributed by atoms with Crippen LogP contribution in [0.5, 0.6) is 0 Å². The van der Waals surface area contributed by atoms with Crippen molar-refractivity contribution in [1.82, 2.24) is 14.5 Å². The Morgan fingerprint density at radius 3 is 2.71 bits per heavy atom. The molecule has 1 fully saturated rings. The third-order valence-electron chi connectivity index (χ3n) is 5.73. The van der Waals surface area contributed by atoms with E-state index in [4.69, 9.17) is 12.2 Å². The highest BCUT2D eigenvalue weighted by Gasteiger charge is 2.19. The topological polar surface area (TPSA) is 61.3 Å². The molecule has 3 aromatic rings. The Bertz CT molecular complexity index is 1250. The minimum absolute atomic E-state index is 0.104. The second-order valence-electron chi connectivity index (χ2n) is 7.88. The van der Waals surface area contributed by atoms with Gasteiger partial charge in [-0.15, -0.1) is 6.58 Å². The minimum atomic E-state index is -0.189. The van der Waals surface area contributed by atoms with Crippen molar-refractivity contribution in [3.05, 3.63) is 81.4 Å². The fraction of sp³-hybridized carbons (Fsp3) is 0.292. The lowest BCUT2D eigenvalue weighted by atomic mass is 10.1. The van der Waals surface area contributed by atoms with Crippen LogP contribution in [0.25, 0.3) is 10.9 Å². The number of carbonyl (C=O) groups excluding carboxylic acids is 1. The van der Waals surface area contributed by atoms with Gasteiger partial charge < -0.3 is 14.8 Å². The first-order valence-electron chi connectivity index (χ1n) is 10.5. The predicted molar refractivity (Wildman–Crippen MR) is 127 cm³/mol.